The Morgan fingerprint density at radius 1 is 1.25 bits per heavy atom. The quantitative estimate of drug-likeness (QED) is 0.842. The molecule has 2 aromatic heterocycles. The van der Waals surface area contributed by atoms with Gasteiger partial charge in [0.25, 0.3) is 0 Å². The summed E-state index contributed by atoms with van der Waals surface area (Å²) in [6.07, 6.45) is -1.74. The highest BCUT2D eigenvalue weighted by molar-refractivity contribution is 5.39. The molecule has 1 saturated carbocycles. The van der Waals surface area contributed by atoms with Gasteiger partial charge in [-0.1, -0.05) is 27.2 Å². The van der Waals surface area contributed by atoms with E-state index < -0.39 is 23.7 Å². The summed E-state index contributed by atoms with van der Waals surface area (Å²) in [6, 6.07) is 1.74. The zero-order valence-electron chi connectivity index (χ0n) is 14.0. The Hall–Kier alpha value is -1.86. The van der Waals surface area contributed by atoms with Crippen molar-refractivity contribution in [2.45, 2.75) is 58.2 Å². The summed E-state index contributed by atoms with van der Waals surface area (Å²) >= 11 is 0. The monoisotopic (exact) mass is 342 g/mol. The van der Waals surface area contributed by atoms with E-state index in [0.29, 0.717) is 18.5 Å². The molecule has 2 atom stereocenters. The first kappa shape index (κ1) is 17.0. The van der Waals surface area contributed by atoms with E-state index in [1.54, 1.807) is 6.07 Å². The van der Waals surface area contributed by atoms with Gasteiger partial charge < -0.3 is 0 Å². The van der Waals surface area contributed by atoms with E-state index in [1.165, 1.54) is 15.4 Å². The van der Waals surface area contributed by atoms with Gasteiger partial charge in [0.05, 0.1) is 11.6 Å². The molecule has 24 heavy (non-hydrogen) atoms. The molecular formula is C16H21F3N4O. The van der Waals surface area contributed by atoms with Crippen LogP contribution in [0.1, 0.15) is 45.7 Å². The van der Waals surface area contributed by atoms with Crippen LogP contribution in [0.25, 0.3) is 5.65 Å². The Morgan fingerprint density at radius 2 is 1.96 bits per heavy atom. The van der Waals surface area contributed by atoms with Crippen molar-refractivity contribution in [1.29, 1.82) is 0 Å². The zero-order valence-corrected chi connectivity index (χ0v) is 14.0. The molecule has 3 rings (SSSR count). The second-order valence-electron chi connectivity index (χ2n) is 7.57. The summed E-state index contributed by atoms with van der Waals surface area (Å²) in [5.74, 6) is -1.93. The van der Waals surface area contributed by atoms with Crippen molar-refractivity contribution >= 4 is 5.65 Å². The third-order valence-corrected chi connectivity index (χ3v) is 4.73. The number of nitrogens with zero attached hydrogens (tertiary/aromatic N) is 4. The summed E-state index contributed by atoms with van der Waals surface area (Å²) in [5.41, 5.74) is 0.458. The number of hydrogen-bond donors (Lipinski definition) is 0. The predicted octanol–water partition coefficient (Wildman–Crippen LogP) is 3.17. The van der Waals surface area contributed by atoms with Crippen LogP contribution in [0, 0.1) is 11.8 Å². The van der Waals surface area contributed by atoms with E-state index in [4.69, 9.17) is 0 Å². The second-order valence-corrected chi connectivity index (χ2v) is 7.57. The molecule has 0 bridgehead atoms. The Bertz CT molecular complexity index is 800. The Balaban J connectivity index is 1.93. The molecule has 2 unspecified atom stereocenters. The van der Waals surface area contributed by atoms with Gasteiger partial charge in [-0.05, 0) is 18.8 Å². The lowest BCUT2D eigenvalue weighted by molar-refractivity contribution is -0.184. The fourth-order valence-electron chi connectivity index (χ4n) is 3.33. The predicted molar refractivity (Wildman–Crippen MR) is 82.8 cm³/mol. The zero-order chi connectivity index (χ0) is 17.7. The smallest absolute Gasteiger partial charge is 0.282 e. The number of aromatic nitrogens is 4. The van der Waals surface area contributed by atoms with Crippen molar-refractivity contribution in [3.8, 4) is 0 Å². The van der Waals surface area contributed by atoms with Gasteiger partial charge in [-0.15, -0.1) is 0 Å². The summed E-state index contributed by atoms with van der Waals surface area (Å²) in [7, 11) is 0. The normalized spacial score (nSPS) is 22.4. The van der Waals surface area contributed by atoms with Crippen molar-refractivity contribution in [3.05, 3.63) is 28.6 Å². The largest absolute Gasteiger partial charge is 0.392 e. The highest BCUT2D eigenvalue weighted by Crippen LogP contribution is 2.43. The molecular weight excluding hydrogens is 321 g/mol. The van der Waals surface area contributed by atoms with Gasteiger partial charge in [-0.25, -0.2) is 9.78 Å². The van der Waals surface area contributed by atoms with Crippen LogP contribution in [0.5, 0.6) is 0 Å². The molecule has 1 aliphatic rings. The Morgan fingerprint density at radius 3 is 2.58 bits per heavy atom. The minimum Gasteiger partial charge on any atom is -0.282 e. The number of alkyl halides is 3. The molecule has 5 nitrogen and oxygen atoms in total. The molecule has 1 fully saturated rings. The van der Waals surface area contributed by atoms with Crippen molar-refractivity contribution in [3.63, 3.8) is 0 Å². The molecule has 0 N–H and O–H groups in total. The number of fused-ring (bicyclic) bond motifs is 1. The minimum absolute atomic E-state index is 0.0245. The lowest BCUT2D eigenvalue weighted by Crippen LogP contribution is -2.34. The minimum atomic E-state index is -4.21. The summed E-state index contributed by atoms with van der Waals surface area (Å²) in [6.45, 7) is 5.94. The average molecular weight is 342 g/mol. The average Bonchev–Trinajstić information content (AvgIpc) is 3.07. The SMILES string of the molecule is CC(C)(C)c1cc2ncn(CC3CCCC3C(F)(F)F)c(=O)n2n1. The highest BCUT2D eigenvalue weighted by atomic mass is 19.4. The maximum atomic E-state index is 13.1. The van der Waals surface area contributed by atoms with Gasteiger partial charge in [-0.3, -0.25) is 4.57 Å². The molecule has 2 aromatic rings. The third-order valence-electron chi connectivity index (χ3n) is 4.73. The van der Waals surface area contributed by atoms with Crippen molar-refractivity contribution in [2.24, 2.45) is 11.8 Å². The molecule has 0 saturated heterocycles. The van der Waals surface area contributed by atoms with Crippen LogP contribution < -0.4 is 5.69 Å². The summed E-state index contributed by atoms with van der Waals surface area (Å²) in [5, 5.41) is 4.29. The van der Waals surface area contributed by atoms with Gasteiger partial charge >= 0.3 is 11.9 Å². The first-order chi connectivity index (χ1) is 11.1. The first-order valence-corrected chi connectivity index (χ1v) is 8.10. The van der Waals surface area contributed by atoms with E-state index >= 15 is 0 Å². The molecule has 0 amide bonds. The molecule has 2 heterocycles. The molecule has 0 aliphatic heterocycles. The molecule has 1 aliphatic carbocycles. The van der Waals surface area contributed by atoms with Crippen LogP contribution in [-0.2, 0) is 12.0 Å². The van der Waals surface area contributed by atoms with Crippen molar-refractivity contribution in [1.82, 2.24) is 19.2 Å². The van der Waals surface area contributed by atoms with Crippen LogP contribution in [0.15, 0.2) is 17.2 Å². The molecule has 0 radical (unpaired) electrons. The number of rotatable bonds is 2. The lowest BCUT2D eigenvalue weighted by Gasteiger charge is -2.22. The van der Waals surface area contributed by atoms with E-state index in [2.05, 4.69) is 10.1 Å². The molecule has 8 heteroatoms. The fraction of sp³-hybridized carbons (Fsp3) is 0.688. The van der Waals surface area contributed by atoms with Gasteiger partial charge in [-0.2, -0.15) is 22.8 Å². The Kier molecular flexibility index (Phi) is 3.96. The first-order valence-electron chi connectivity index (χ1n) is 8.10. The van der Waals surface area contributed by atoms with Crippen LogP contribution in [0.3, 0.4) is 0 Å². The lowest BCUT2D eigenvalue weighted by atomic mass is 9.93. The number of halogens is 3. The van der Waals surface area contributed by atoms with Crippen molar-refractivity contribution in [2.75, 3.05) is 0 Å². The van der Waals surface area contributed by atoms with Gasteiger partial charge in [0.15, 0.2) is 5.65 Å². The van der Waals surface area contributed by atoms with Gasteiger partial charge in [0, 0.05) is 18.0 Å². The van der Waals surface area contributed by atoms with E-state index in [-0.39, 0.29) is 18.4 Å². The van der Waals surface area contributed by atoms with E-state index in [0.717, 1.165) is 5.69 Å². The summed E-state index contributed by atoms with van der Waals surface area (Å²) < 4.78 is 41.7. The van der Waals surface area contributed by atoms with E-state index in [9.17, 15) is 18.0 Å². The maximum Gasteiger partial charge on any atom is 0.392 e. The Labute approximate surface area is 137 Å². The highest BCUT2D eigenvalue weighted by Gasteiger charge is 2.46. The molecule has 132 valence electrons. The van der Waals surface area contributed by atoms with E-state index in [1.807, 2.05) is 20.8 Å². The molecule has 0 spiro atoms. The van der Waals surface area contributed by atoms with Crippen LogP contribution in [0.4, 0.5) is 13.2 Å². The second kappa shape index (κ2) is 5.60. The molecule has 0 aromatic carbocycles. The summed E-state index contributed by atoms with van der Waals surface area (Å²) in [4.78, 5) is 16.7. The van der Waals surface area contributed by atoms with Crippen LogP contribution >= 0.6 is 0 Å². The van der Waals surface area contributed by atoms with Gasteiger partial charge in [0.2, 0.25) is 0 Å². The fourth-order valence-corrected chi connectivity index (χ4v) is 3.33. The van der Waals surface area contributed by atoms with Crippen LogP contribution in [0.2, 0.25) is 0 Å². The number of hydrogen-bond acceptors (Lipinski definition) is 3. The maximum absolute atomic E-state index is 13.1. The standard InChI is InChI=1S/C16H21F3N4O/c1-15(2,3)12-7-13-20-9-22(14(24)23(13)21-12)8-10-5-4-6-11(10)16(17,18)19/h7,9-11H,4-6,8H2,1-3H3. The van der Waals surface area contributed by atoms with Gasteiger partial charge in [0.1, 0.15) is 6.33 Å². The third kappa shape index (κ3) is 3.06. The topological polar surface area (TPSA) is 52.2 Å². The van der Waals surface area contributed by atoms with Crippen LogP contribution in [-0.4, -0.2) is 25.3 Å². The van der Waals surface area contributed by atoms with Crippen molar-refractivity contribution < 1.29 is 13.2 Å².